The summed E-state index contributed by atoms with van der Waals surface area (Å²) in [6.07, 6.45) is 6.98. The lowest BCUT2D eigenvalue weighted by molar-refractivity contribution is 0.0817. The van der Waals surface area contributed by atoms with Crippen molar-refractivity contribution in [3.05, 3.63) is 71.8 Å². The van der Waals surface area contributed by atoms with E-state index < -0.39 is 11.6 Å². The van der Waals surface area contributed by atoms with E-state index in [4.69, 9.17) is 0 Å². The molecule has 0 aliphatic heterocycles. The summed E-state index contributed by atoms with van der Waals surface area (Å²) in [6.45, 7) is 6.94. The van der Waals surface area contributed by atoms with Crippen LogP contribution in [-0.2, 0) is 0 Å². The van der Waals surface area contributed by atoms with Crippen molar-refractivity contribution in [2.45, 2.75) is 46.0 Å². The highest BCUT2D eigenvalue weighted by Crippen LogP contribution is 2.07. The number of Topliss-reactive ketones (excluding diaryl/α,β-unsaturated/α-hetero) is 2. The lowest BCUT2D eigenvalue weighted by Crippen LogP contribution is -2.18. The molecule has 0 saturated heterocycles. The van der Waals surface area contributed by atoms with Gasteiger partial charge in [-0.1, -0.05) is 100 Å². The third-order valence-electron chi connectivity index (χ3n) is 4.46. The number of hydrogen-bond donors (Lipinski definition) is 0. The molecule has 0 unspecified atom stereocenters. The van der Waals surface area contributed by atoms with E-state index in [0.29, 0.717) is 11.1 Å². The first-order valence-electron chi connectivity index (χ1n) is 9.97. The summed E-state index contributed by atoms with van der Waals surface area (Å²) in [7, 11) is 2.19. The first kappa shape index (κ1) is 22.8. The Morgan fingerprint density at radius 3 is 1.56 bits per heavy atom. The van der Waals surface area contributed by atoms with Crippen LogP contribution in [0.1, 0.15) is 66.7 Å². The molecule has 0 aromatic heterocycles. The van der Waals surface area contributed by atoms with Crippen molar-refractivity contribution >= 4 is 11.6 Å². The SMILES string of the molecule is CCCCCCCN(C)CC.O=C(C(=O)c1ccccc1)c1ccccc1. The highest BCUT2D eigenvalue weighted by molar-refractivity contribution is 6.49. The number of carbonyl (C=O) groups is 2. The van der Waals surface area contributed by atoms with Gasteiger partial charge >= 0.3 is 0 Å². The Bertz CT molecular complexity index is 603. The number of rotatable bonds is 10. The highest BCUT2D eigenvalue weighted by atomic mass is 16.2. The molecule has 3 heteroatoms. The minimum Gasteiger partial charge on any atom is -0.307 e. The summed E-state index contributed by atoms with van der Waals surface area (Å²) >= 11 is 0. The van der Waals surface area contributed by atoms with Gasteiger partial charge in [-0.15, -0.1) is 0 Å². The van der Waals surface area contributed by atoms with Crippen molar-refractivity contribution in [1.82, 2.24) is 4.90 Å². The van der Waals surface area contributed by atoms with Gasteiger partial charge in [0.2, 0.25) is 11.6 Å². The molecule has 0 aliphatic rings. The minimum absolute atomic E-state index is 0.427. The quantitative estimate of drug-likeness (QED) is 0.309. The Labute approximate surface area is 164 Å². The van der Waals surface area contributed by atoms with E-state index >= 15 is 0 Å². The van der Waals surface area contributed by atoms with Gasteiger partial charge in [-0.25, -0.2) is 0 Å². The largest absolute Gasteiger partial charge is 0.307 e. The van der Waals surface area contributed by atoms with Gasteiger partial charge < -0.3 is 4.90 Å². The lowest BCUT2D eigenvalue weighted by atomic mass is 10.0. The molecule has 0 fully saturated rings. The predicted molar refractivity (Wildman–Crippen MR) is 113 cm³/mol. The molecule has 2 aromatic carbocycles. The number of unbranched alkanes of at least 4 members (excludes halogenated alkanes) is 4. The van der Waals surface area contributed by atoms with Crippen LogP contribution < -0.4 is 0 Å². The first-order chi connectivity index (χ1) is 13.1. The van der Waals surface area contributed by atoms with Crippen LogP contribution in [0.3, 0.4) is 0 Å². The molecular weight excluding hydrogens is 334 g/mol. The highest BCUT2D eigenvalue weighted by Gasteiger charge is 2.17. The fraction of sp³-hybridized carbons (Fsp3) is 0.417. The van der Waals surface area contributed by atoms with E-state index in [1.165, 1.54) is 45.2 Å². The zero-order valence-electron chi connectivity index (χ0n) is 17.0. The number of hydrogen-bond acceptors (Lipinski definition) is 3. The Hall–Kier alpha value is -2.26. The van der Waals surface area contributed by atoms with E-state index in [9.17, 15) is 9.59 Å². The van der Waals surface area contributed by atoms with Gasteiger partial charge in [-0.3, -0.25) is 9.59 Å². The van der Waals surface area contributed by atoms with E-state index in [0.717, 1.165) is 0 Å². The monoisotopic (exact) mass is 367 g/mol. The van der Waals surface area contributed by atoms with Crippen LogP contribution in [0.5, 0.6) is 0 Å². The second-order valence-electron chi connectivity index (χ2n) is 6.70. The standard InChI is InChI=1S/C14H10O2.C10H23N/c15-13(11-7-3-1-4-8-11)14(16)12-9-5-2-6-10-12;1-4-6-7-8-9-10-11(3)5-2/h1-10H;4-10H2,1-3H3. The van der Waals surface area contributed by atoms with Gasteiger partial charge in [0.25, 0.3) is 0 Å². The van der Waals surface area contributed by atoms with Crippen molar-refractivity contribution in [2.75, 3.05) is 20.1 Å². The fourth-order valence-electron chi connectivity index (χ4n) is 2.58. The van der Waals surface area contributed by atoms with E-state index in [1.807, 2.05) is 12.1 Å². The average Bonchev–Trinajstić information content (AvgIpc) is 2.74. The molecule has 0 saturated carbocycles. The zero-order chi connectivity index (χ0) is 19.9. The number of ketones is 2. The third kappa shape index (κ3) is 9.30. The van der Waals surface area contributed by atoms with Crippen LogP contribution in [0.25, 0.3) is 0 Å². The van der Waals surface area contributed by atoms with Crippen LogP contribution in [-0.4, -0.2) is 36.6 Å². The van der Waals surface area contributed by atoms with Gasteiger partial charge in [-0.2, -0.15) is 0 Å². The Balaban J connectivity index is 0.000000293. The first-order valence-corrected chi connectivity index (χ1v) is 9.97. The molecule has 146 valence electrons. The lowest BCUT2D eigenvalue weighted by Gasteiger charge is -2.12. The molecule has 2 aromatic rings. The van der Waals surface area contributed by atoms with Crippen LogP contribution >= 0.6 is 0 Å². The molecule has 0 N–H and O–H groups in total. The molecule has 0 aliphatic carbocycles. The summed E-state index contributed by atoms with van der Waals surface area (Å²) in [5.74, 6) is -0.932. The molecule has 27 heavy (non-hydrogen) atoms. The Morgan fingerprint density at radius 1 is 0.704 bits per heavy atom. The molecule has 3 nitrogen and oxygen atoms in total. The van der Waals surface area contributed by atoms with Crippen LogP contribution in [0.2, 0.25) is 0 Å². The normalized spacial score (nSPS) is 10.2. The summed E-state index contributed by atoms with van der Waals surface area (Å²) < 4.78 is 0. The second kappa shape index (κ2) is 13.9. The van der Waals surface area contributed by atoms with E-state index in [1.54, 1.807) is 48.5 Å². The third-order valence-corrected chi connectivity index (χ3v) is 4.46. The molecule has 0 heterocycles. The maximum atomic E-state index is 11.8. The number of nitrogens with zero attached hydrogens (tertiary/aromatic N) is 1. The summed E-state index contributed by atoms with van der Waals surface area (Å²) in [5, 5.41) is 0. The van der Waals surface area contributed by atoms with Crippen molar-refractivity contribution in [1.29, 1.82) is 0 Å². The smallest absolute Gasteiger partial charge is 0.233 e. The van der Waals surface area contributed by atoms with Crippen molar-refractivity contribution < 1.29 is 9.59 Å². The Kier molecular flexibility index (Phi) is 11.7. The Morgan fingerprint density at radius 2 is 1.15 bits per heavy atom. The van der Waals surface area contributed by atoms with Gasteiger partial charge in [0.15, 0.2) is 0 Å². The van der Waals surface area contributed by atoms with Gasteiger partial charge in [-0.05, 0) is 26.6 Å². The molecule has 0 atom stereocenters. The predicted octanol–water partition coefficient (Wildman–Crippen LogP) is 5.66. The van der Waals surface area contributed by atoms with Crippen molar-refractivity contribution in [2.24, 2.45) is 0 Å². The molecule has 0 spiro atoms. The van der Waals surface area contributed by atoms with Crippen LogP contribution in [0, 0.1) is 0 Å². The van der Waals surface area contributed by atoms with Crippen molar-refractivity contribution in [3.8, 4) is 0 Å². The maximum absolute atomic E-state index is 11.8. The van der Waals surface area contributed by atoms with Crippen molar-refractivity contribution in [3.63, 3.8) is 0 Å². The van der Waals surface area contributed by atoms with E-state index in [-0.39, 0.29) is 0 Å². The minimum atomic E-state index is -0.466. The number of carbonyl (C=O) groups excluding carboxylic acids is 2. The number of benzene rings is 2. The zero-order valence-corrected chi connectivity index (χ0v) is 17.0. The summed E-state index contributed by atoms with van der Waals surface area (Å²) in [6, 6.07) is 17.2. The molecule has 0 radical (unpaired) electrons. The van der Waals surface area contributed by atoms with Gasteiger partial charge in [0.1, 0.15) is 0 Å². The van der Waals surface area contributed by atoms with Crippen LogP contribution in [0.4, 0.5) is 0 Å². The average molecular weight is 368 g/mol. The topological polar surface area (TPSA) is 37.4 Å². The van der Waals surface area contributed by atoms with Crippen LogP contribution in [0.15, 0.2) is 60.7 Å². The summed E-state index contributed by atoms with van der Waals surface area (Å²) in [4.78, 5) is 26.0. The van der Waals surface area contributed by atoms with E-state index in [2.05, 4.69) is 25.8 Å². The maximum Gasteiger partial charge on any atom is 0.233 e. The summed E-state index contributed by atoms with van der Waals surface area (Å²) in [5.41, 5.74) is 0.854. The fourth-order valence-corrected chi connectivity index (χ4v) is 2.58. The molecular formula is C24H33NO2. The van der Waals surface area contributed by atoms with Gasteiger partial charge in [0, 0.05) is 11.1 Å². The molecule has 2 rings (SSSR count). The van der Waals surface area contributed by atoms with Gasteiger partial charge in [0.05, 0.1) is 0 Å². The second-order valence-corrected chi connectivity index (χ2v) is 6.70. The molecule has 0 amide bonds. The molecule has 0 bridgehead atoms.